The van der Waals surface area contributed by atoms with Gasteiger partial charge in [0.15, 0.2) is 5.13 Å². The number of hydrogen-bond donors (Lipinski definition) is 2. The number of fused-ring (bicyclic) bond motifs is 1. The van der Waals surface area contributed by atoms with Crippen LogP contribution in [0.25, 0.3) is 0 Å². The maximum Gasteiger partial charge on any atom is 0.257 e. The molecule has 1 aliphatic carbocycles. The molecule has 1 aliphatic rings. The highest BCUT2D eigenvalue weighted by Gasteiger charge is 2.33. The first-order chi connectivity index (χ1) is 13.9. The molecule has 2 aromatic carbocycles. The van der Waals surface area contributed by atoms with Gasteiger partial charge in [0, 0.05) is 21.2 Å². The zero-order chi connectivity index (χ0) is 20.5. The minimum absolute atomic E-state index is 0.106. The summed E-state index contributed by atoms with van der Waals surface area (Å²) in [5.74, 6) is -0.635. The average Bonchev–Trinajstić information content (AvgIpc) is 3.25. The average molecular weight is 426 g/mol. The molecule has 0 saturated heterocycles. The maximum absolute atomic E-state index is 12.8. The molecule has 0 radical (unpaired) electrons. The Bertz CT molecular complexity index is 1090. The number of carbonyl (C=O) groups excluding carboxylic acids is 2. The van der Waals surface area contributed by atoms with Gasteiger partial charge in [0.05, 0.1) is 11.6 Å². The number of aryl methyl sites for hydroxylation is 3. The molecular weight excluding hydrogens is 406 g/mol. The molecule has 0 fully saturated rings. The Labute approximate surface area is 178 Å². The van der Waals surface area contributed by atoms with E-state index in [1.54, 1.807) is 18.2 Å². The SMILES string of the molecule is Cc1ccc(C(=O)Nc2nc3c(s2)CCC3C(=O)Nc2ccc(C)c(Cl)c2)cc1. The van der Waals surface area contributed by atoms with Gasteiger partial charge in [-0.05, 0) is 56.5 Å². The molecule has 148 valence electrons. The lowest BCUT2D eigenvalue weighted by Gasteiger charge is -2.11. The third kappa shape index (κ3) is 4.18. The Morgan fingerprint density at radius 3 is 2.59 bits per heavy atom. The van der Waals surface area contributed by atoms with Crippen molar-refractivity contribution in [1.29, 1.82) is 0 Å². The second kappa shape index (κ2) is 7.97. The minimum atomic E-state index is -0.327. The summed E-state index contributed by atoms with van der Waals surface area (Å²) in [6, 6.07) is 12.8. The van der Waals surface area contributed by atoms with Crippen LogP contribution in [-0.2, 0) is 11.2 Å². The summed E-state index contributed by atoms with van der Waals surface area (Å²) in [6.07, 6.45) is 1.49. The Balaban J connectivity index is 1.46. The van der Waals surface area contributed by atoms with Crippen LogP contribution < -0.4 is 10.6 Å². The summed E-state index contributed by atoms with van der Waals surface area (Å²) >= 11 is 7.58. The number of anilines is 2. The van der Waals surface area contributed by atoms with Gasteiger partial charge in [0.2, 0.25) is 5.91 Å². The van der Waals surface area contributed by atoms with Crippen LogP contribution in [0.1, 0.15) is 44.4 Å². The first-order valence-electron chi connectivity index (χ1n) is 9.35. The second-order valence-electron chi connectivity index (χ2n) is 7.19. The lowest BCUT2D eigenvalue weighted by atomic mass is 10.1. The first-order valence-corrected chi connectivity index (χ1v) is 10.5. The Kier molecular flexibility index (Phi) is 5.39. The van der Waals surface area contributed by atoms with E-state index in [4.69, 9.17) is 11.6 Å². The van der Waals surface area contributed by atoms with E-state index in [2.05, 4.69) is 15.6 Å². The smallest absolute Gasteiger partial charge is 0.257 e. The number of thiazole rings is 1. The minimum Gasteiger partial charge on any atom is -0.325 e. The van der Waals surface area contributed by atoms with E-state index in [1.807, 2.05) is 38.1 Å². The van der Waals surface area contributed by atoms with Crippen LogP contribution in [-0.4, -0.2) is 16.8 Å². The van der Waals surface area contributed by atoms with Gasteiger partial charge in [0.25, 0.3) is 5.91 Å². The van der Waals surface area contributed by atoms with Gasteiger partial charge in [-0.3, -0.25) is 14.9 Å². The highest BCUT2D eigenvalue weighted by molar-refractivity contribution is 7.16. The van der Waals surface area contributed by atoms with Crippen LogP contribution in [0.2, 0.25) is 5.02 Å². The fourth-order valence-corrected chi connectivity index (χ4v) is 4.52. The quantitative estimate of drug-likeness (QED) is 0.593. The molecule has 1 unspecified atom stereocenters. The van der Waals surface area contributed by atoms with Crippen LogP contribution in [0, 0.1) is 13.8 Å². The molecule has 7 heteroatoms. The summed E-state index contributed by atoms with van der Waals surface area (Å²) in [6.45, 7) is 3.89. The van der Waals surface area contributed by atoms with Gasteiger partial charge >= 0.3 is 0 Å². The number of carbonyl (C=O) groups is 2. The van der Waals surface area contributed by atoms with E-state index in [-0.39, 0.29) is 17.7 Å². The van der Waals surface area contributed by atoms with Crippen molar-refractivity contribution in [2.24, 2.45) is 0 Å². The van der Waals surface area contributed by atoms with Crippen molar-refractivity contribution in [1.82, 2.24) is 4.98 Å². The number of benzene rings is 2. The summed E-state index contributed by atoms with van der Waals surface area (Å²) in [4.78, 5) is 30.8. The Morgan fingerprint density at radius 2 is 1.86 bits per heavy atom. The van der Waals surface area contributed by atoms with Crippen LogP contribution in [0.3, 0.4) is 0 Å². The van der Waals surface area contributed by atoms with Gasteiger partial charge in [-0.1, -0.05) is 35.4 Å². The molecule has 1 atom stereocenters. The molecule has 4 rings (SSSR count). The van der Waals surface area contributed by atoms with Crippen molar-refractivity contribution in [2.45, 2.75) is 32.6 Å². The monoisotopic (exact) mass is 425 g/mol. The number of halogens is 1. The fourth-order valence-electron chi connectivity index (χ4n) is 3.31. The van der Waals surface area contributed by atoms with Crippen molar-refractivity contribution >= 4 is 45.6 Å². The summed E-state index contributed by atoms with van der Waals surface area (Å²) in [5.41, 5.74) is 4.06. The molecule has 2 N–H and O–H groups in total. The maximum atomic E-state index is 12.8. The van der Waals surface area contributed by atoms with Crippen molar-refractivity contribution in [3.8, 4) is 0 Å². The molecule has 0 saturated carbocycles. The molecule has 0 bridgehead atoms. The normalized spacial score (nSPS) is 15.1. The summed E-state index contributed by atoms with van der Waals surface area (Å²) in [7, 11) is 0. The number of rotatable bonds is 4. The molecule has 5 nitrogen and oxygen atoms in total. The predicted molar refractivity (Wildman–Crippen MR) is 117 cm³/mol. The molecule has 1 heterocycles. The first kappa shape index (κ1) is 19.6. The third-order valence-corrected chi connectivity index (χ3v) is 6.46. The number of nitrogens with zero attached hydrogens (tertiary/aromatic N) is 1. The van der Waals surface area contributed by atoms with Crippen molar-refractivity contribution in [3.05, 3.63) is 74.7 Å². The van der Waals surface area contributed by atoms with Crippen LogP contribution in [0.4, 0.5) is 10.8 Å². The van der Waals surface area contributed by atoms with E-state index in [0.717, 1.165) is 28.1 Å². The van der Waals surface area contributed by atoms with E-state index < -0.39 is 0 Å². The lowest BCUT2D eigenvalue weighted by Crippen LogP contribution is -2.20. The Hall–Kier alpha value is -2.70. The van der Waals surface area contributed by atoms with E-state index >= 15 is 0 Å². The largest absolute Gasteiger partial charge is 0.325 e. The zero-order valence-corrected chi connectivity index (χ0v) is 17.7. The van der Waals surface area contributed by atoms with Crippen molar-refractivity contribution in [3.63, 3.8) is 0 Å². The van der Waals surface area contributed by atoms with Gasteiger partial charge < -0.3 is 5.32 Å². The highest BCUT2D eigenvalue weighted by Crippen LogP contribution is 2.39. The predicted octanol–water partition coefficient (Wildman–Crippen LogP) is 5.33. The van der Waals surface area contributed by atoms with Crippen LogP contribution in [0.15, 0.2) is 42.5 Å². The van der Waals surface area contributed by atoms with Crippen molar-refractivity contribution in [2.75, 3.05) is 10.6 Å². The number of amides is 2. The van der Waals surface area contributed by atoms with E-state index in [0.29, 0.717) is 27.8 Å². The third-order valence-electron chi connectivity index (χ3n) is 5.01. The lowest BCUT2D eigenvalue weighted by molar-refractivity contribution is -0.117. The summed E-state index contributed by atoms with van der Waals surface area (Å²) in [5, 5.41) is 6.92. The fraction of sp³-hybridized carbons (Fsp3) is 0.227. The molecule has 29 heavy (non-hydrogen) atoms. The standard InChI is InChI=1S/C22H20ClN3O2S/c1-12-3-6-14(7-4-12)20(27)26-22-25-19-16(9-10-18(19)29-22)21(28)24-15-8-5-13(2)17(23)11-15/h3-8,11,16H,9-10H2,1-2H3,(H,24,28)(H,25,26,27). The molecule has 3 aromatic rings. The van der Waals surface area contributed by atoms with Crippen molar-refractivity contribution < 1.29 is 9.59 Å². The van der Waals surface area contributed by atoms with E-state index in [9.17, 15) is 9.59 Å². The molecule has 0 spiro atoms. The molecule has 2 amide bonds. The second-order valence-corrected chi connectivity index (χ2v) is 8.68. The Morgan fingerprint density at radius 1 is 1.10 bits per heavy atom. The number of hydrogen-bond acceptors (Lipinski definition) is 4. The molecule has 1 aromatic heterocycles. The number of nitrogens with one attached hydrogen (secondary N) is 2. The van der Waals surface area contributed by atoms with Gasteiger partial charge in [-0.2, -0.15) is 0 Å². The van der Waals surface area contributed by atoms with Gasteiger partial charge in [-0.15, -0.1) is 11.3 Å². The number of aromatic nitrogens is 1. The van der Waals surface area contributed by atoms with Gasteiger partial charge in [-0.25, -0.2) is 4.98 Å². The molecule has 0 aliphatic heterocycles. The van der Waals surface area contributed by atoms with E-state index in [1.165, 1.54) is 11.3 Å². The van der Waals surface area contributed by atoms with Crippen LogP contribution >= 0.6 is 22.9 Å². The zero-order valence-electron chi connectivity index (χ0n) is 16.1. The highest BCUT2D eigenvalue weighted by atomic mass is 35.5. The van der Waals surface area contributed by atoms with Gasteiger partial charge in [0.1, 0.15) is 0 Å². The van der Waals surface area contributed by atoms with Crippen LogP contribution in [0.5, 0.6) is 0 Å². The summed E-state index contributed by atoms with van der Waals surface area (Å²) < 4.78 is 0. The molecular formula is C22H20ClN3O2S. The topological polar surface area (TPSA) is 71.1 Å².